The number of aliphatic hydroxyl groups is 1. The first-order valence-corrected chi connectivity index (χ1v) is 4.65. The maximum Gasteiger partial charge on any atom is 0.0635 e. The average Bonchev–Trinajstić information content (AvgIpc) is 2.56. The van der Waals surface area contributed by atoms with Crippen LogP contribution in [-0.4, -0.2) is 21.9 Å². The number of aryl methyl sites for hydroxylation is 2. The maximum atomic E-state index is 9.08. The second-order valence-electron chi connectivity index (χ2n) is 3.78. The average molecular weight is 178 g/mol. The molecule has 0 radical (unpaired) electrons. The van der Waals surface area contributed by atoms with E-state index >= 15 is 0 Å². The number of hydrogen-bond acceptors (Lipinski definition) is 3. The van der Waals surface area contributed by atoms with Crippen molar-refractivity contribution < 1.29 is 5.11 Å². The lowest BCUT2D eigenvalue weighted by Gasteiger charge is -2.03. The molecule has 0 bridgehead atoms. The molecule has 0 spiro atoms. The minimum Gasteiger partial charge on any atom is -0.396 e. The van der Waals surface area contributed by atoms with E-state index in [1.807, 2.05) is 13.8 Å². The molecule has 3 nitrogen and oxygen atoms in total. The van der Waals surface area contributed by atoms with Crippen molar-refractivity contribution in [3.63, 3.8) is 0 Å². The Bertz CT molecular complexity index is 305. The zero-order valence-corrected chi connectivity index (χ0v) is 8.04. The van der Waals surface area contributed by atoms with E-state index in [0.29, 0.717) is 5.92 Å². The number of hydrogen-bond donors (Lipinski definition) is 1. The molecule has 0 unspecified atom stereocenters. The van der Waals surface area contributed by atoms with E-state index in [2.05, 4.69) is 10.2 Å². The maximum absolute atomic E-state index is 9.08. The summed E-state index contributed by atoms with van der Waals surface area (Å²) in [5.74, 6) is 0.387. The highest BCUT2D eigenvalue weighted by atomic mass is 16.3. The van der Waals surface area contributed by atoms with E-state index in [1.165, 1.54) is 11.1 Å². The molecular weight excluding hydrogens is 164 g/mol. The van der Waals surface area contributed by atoms with E-state index in [9.17, 15) is 0 Å². The third kappa shape index (κ3) is 1.33. The van der Waals surface area contributed by atoms with Crippen LogP contribution in [0.3, 0.4) is 0 Å². The zero-order chi connectivity index (χ0) is 9.42. The molecule has 13 heavy (non-hydrogen) atoms. The van der Waals surface area contributed by atoms with E-state index in [1.54, 1.807) is 0 Å². The zero-order valence-electron chi connectivity index (χ0n) is 8.04. The van der Waals surface area contributed by atoms with Crippen LogP contribution in [0.2, 0.25) is 0 Å². The Morgan fingerprint density at radius 1 is 1.15 bits per heavy atom. The molecule has 2 rings (SSSR count). The van der Waals surface area contributed by atoms with Crippen LogP contribution in [0.1, 0.15) is 22.5 Å². The van der Waals surface area contributed by atoms with Gasteiger partial charge in [-0.15, -0.1) is 0 Å². The highest BCUT2D eigenvalue weighted by Crippen LogP contribution is 2.29. The molecule has 1 aliphatic carbocycles. The first-order valence-electron chi connectivity index (χ1n) is 4.65. The normalized spacial score (nSPS) is 16.2. The van der Waals surface area contributed by atoms with Gasteiger partial charge in [-0.1, -0.05) is 0 Å². The fourth-order valence-electron chi connectivity index (χ4n) is 2.03. The van der Waals surface area contributed by atoms with Crippen molar-refractivity contribution in [2.45, 2.75) is 26.7 Å². The van der Waals surface area contributed by atoms with Crippen molar-refractivity contribution in [3.05, 3.63) is 22.5 Å². The van der Waals surface area contributed by atoms with E-state index < -0.39 is 0 Å². The largest absolute Gasteiger partial charge is 0.396 e. The van der Waals surface area contributed by atoms with E-state index in [4.69, 9.17) is 5.11 Å². The van der Waals surface area contributed by atoms with Gasteiger partial charge in [0.15, 0.2) is 0 Å². The van der Waals surface area contributed by atoms with Gasteiger partial charge in [0.25, 0.3) is 0 Å². The lowest BCUT2D eigenvalue weighted by Crippen LogP contribution is -2.04. The highest BCUT2D eigenvalue weighted by molar-refractivity contribution is 5.36. The quantitative estimate of drug-likeness (QED) is 0.692. The molecule has 0 amide bonds. The smallest absolute Gasteiger partial charge is 0.0635 e. The molecule has 1 aromatic rings. The molecule has 3 heteroatoms. The third-order valence-electron chi connectivity index (χ3n) is 2.83. The summed E-state index contributed by atoms with van der Waals surface area (Å²) < 4.78 is 0. The predicted octanol–water partition coefficient (Wildman–Crippen LogP) is 0.801. The van der Waals surface area contributed by atoms with Crippen molar-refractivity contribution in [2.24, 2.45) is 5.92 Å². The summed E-state index contributed by atoms with van der Waals surface area (Å²) in [6.07, 6.45) is 1.93. The van der Waals surface area contributed by atoms with Gasteiger partial charge in [0.1, 0.15) is 0 Å². The van der Waals surface area contributed by atoms with Crippen molar-refractivity contribution in [1.82, 2.24) is 10.2 Å². The molecule has 0 saturated heterocycles. The van der Waals surface area contributed by atoms with Gasteiger partial charge in [-0.05, 0) is 43.7 Å². The van der Waals surface area contributed by atoms with Crippen LogP contribution in [-0.2, 0) is 12.8 Å². The SMILES string of the molecule is Cc1nnc(C)c2c1CC(CO)C2. The highest BCUT2D eigenvalue weighted by Gasteiger charge is 2.24. The van der Waals surface area contributed by atoms with Crippen LogP contribution >= 0.6 is 0 Å². The molecular formula is C10H14N2O. The Kier molecular flexibility index (Phi) is 2.04. The standard InChI is InChI=1S/C10H14N2O/c1-6-9-3-8(5-13)4-10(9)7(2)12-11-6/h8,13H,3-5H2,1-2H3. The number of fused-ring (bicyclic) bond motifs is 1. The van der Waals surface area contributed by atoms with E-state index in [0.717, 1.165) is 24.2 Å². The Balaban J connectivity index is 2.43. The predicted molar refractivity (Wildman–Crippen MR) is 49.5 cm³/mol. The number of rotatable bonds is 1. The summed E-state index contributed by atoms with van der Waals surface area (Å²) in [6.45, 7) is 4.25. The lowest BCUT2D eigenvalue weighted by molar-refractivity contribution is 0.232. The molecule has 0 saturated carbocycles. The minimum absolute atomic E-state index is 0.271. The molecule has 1 aliphatic rings. The van der Waals surface area contributed by atoms with Gasteiger partial charge < -0.3 is 5.11 Å². The van der Waals surface area contributed by atoms with Crippen LogP contribution in [0.5, 0.6) is 0 Å². The Morgan fingerprint density at radius 2 is 1.62 bits per heavy atom. The van der Waals surface area contributed by atoms with Gasteiger partial charge in [0.2, 0.25) is 0 Å². The Morgan fingerprint density at radius 3 is 2.00 bits per heavy atom. The van der Waals surface area contributed by atoms with Crippen LogP contribution in [0.4, 0.5) is 0 Å². The molecule has 0 aliphatic heterocycles. The Labute approximate surface area is 77.8 Å². The summed E-state index contributed by atoms with van der Waals surface area (Å²) in [6, 6.07) is 0. The minimum atomic E-state index is 0.271. The molecule has 0 aromatic carbocycles. The summed E-state index contributed by atoms with van der Waals surface area (Å²) in [4.78, 5) is 0. The fraction of sp³-hybridized carbons (Fsp3) is 0.600. The molecule has 0 fully saturated rings. The summed E-state index contributed by atoms with van der Waals surface area (Å²) in [7, 11) is 0. The first kappa shape index (κ1) is 8.63. The summed E-state index contributed by atoms with van der Waals surface area (Å²) in [5, 5.41) is 17.3. The lowest BCUT2D eigenvalue weighted by atomic mass is 10.1. The molecule has 70 valence electrons. The van der Waals surface area contributed by atoms with Gasteiger partial charge in [0.05, 0.1) is 11.4 Å². The van der Waals surface area contributed by atoms with Crippen molar-refractivity contribution >= 4 is 0 Å². The number of aliphatic hydroxyl groups excluding tert-OH is 1. The third-order valence-corrected chi connectivity index (χ3v) is 2.83. The van der Waals surface area contributed by atoms with Crippen LogP contribution < -0.4 is 0 Å². The molecule has 1 aromatic heterocycles. The van der Waals surface area contributed by atoms with Gasteiger partial charge in [-0.3, -0.25) is 0 Å². The van der Waals surface area contributed by atoms with Gasteiger partial charge in [-0.2, -0.15) is 10.2 Å². The molecule has 0 atom stereocenters. The van der Waals surface area contributed by atoms with Gasteiger partial charge in [0, 0.05) is 6.61 Å². The second-order valence-corrected chi connectivity index (χ2v) is 3.78. The molecule has 1 N–H and O–H groups in total. The van der Waals surface area contributed by atoms with Crippen LogP contribution in [0.25, 0.3) is 0 Å². The summed E-state index contributed by atoms with van der Waals surface area (Å²) in [5.41, 5.74) is 4.67. The summed E-state index contributed by atoms with van der Waals surface area (Å²) >= 11 is 0. The second kappa shape index (κ2) is 3.07. The van der Waals surface area contributed by atoms with Crippen molar-refractivity contribution in [3.8, 4) is 0 Å². The first-order chi connectivity index (χ1) is 6.22. The molecule has 1 heterocycles. The number of nitrogens with zero attached hydrogens (tertiary/aromatic N) is 2. The van der Waals surface area contributed by atoms with Crippen molar-refractivity contribution in [2.75, 3.05) is 6.61 Å². The Hall–Kier alpha value is -0.960. The van der Waals surface area contributed by atoms with Gasteiger partial charge in [-0.25, -0.2) is 0 Å². The van der Waals surface area contributed by atoms with Crippen LogP contribution in [0.15, 0.2) is 0 Å². The fourth-order valence-corrected chi connectivity index (χ4v) is 2.03. The van der Waals surface area contributed by atoms with Crippen molar-refractivity contribution in [1.29, 1.82) is 0 Å². The topological polar surface area (TPSA) is 46.0 Å². The van der Waals surface area contributed by atoms with Crippen LogP contribution in [0, 0.1) is 19.8 Å². The van der Waals surface area contributed by atoms with E-state index in [-0.39, 0.29) is 6.61 Å². The van der Waals surface area contributed by atoms with Gasteiger partial charge >= 0.3 is 0 Å². The number of aromatic nitrogens is 2. The monoisotopic (exact) mass is 178 g/mol.